The van der Waals surface area contributed by atoms with Gasteiger partial charge in [0.2, 0.25) is 0 Å². The summed E-state index contributed by atoms with van der Waals surface area (Å²) in [6, 6.07) is 16.6. The Morgan fingerprint density at radius 3 is 2.18 bits per heavy atom. The predicted octanol–water partition coefficient (Wildman–Crippen LogP) is 3.04. The van der Waals surface area contributed by atoms with Gasteiger partial charge < -0.3 is 0 Å². The molecule has 0 aliphatic heterocycles. The minimum atomic E-state index is 1.05. The minimum Gasteiger partial charge on any atom is -0.212 e. The van der Waals surface area contributed by atoms with Crippen molar-refractivity contribution in [2.45, 2.75) is 0 Å². The highest BCUT2D eigenvalue weighted by molar-refractivity contribution is 6.11. The Morgan fingerprint density at radius 1 is 0.706 bits per heavy atom. The Hall–Kier alpha value is -2.42. The third kappa shape index (κ3) is 1.05. The molecule has 0 atom stereocenters. The zero-order valence-corrected chi connectivity index (χ0v) is 9.04. The van der Waals surface area contributed by atoms with Gasteiger partial charge in [-0.05, 0) is 11.5 Å². The second kappa shape index (κ2) is 3.04. The monoisotopic (exact) mass is 219 g/mol. The van der Waals surface area contributed by atoms with Crippen LogP contribution in [0.1, 0.15) is 0 Å². The molecule has 0 saturated carbocycles. The molecule has 3 heteroatoms. The minimum absolute atomic E-state index is 1.05. The van der Waals surface area contributed by atoms with E-state index in [0.29, 0.717) is 0 Å². The van der Waals surface area contributed by atoms with Crippen LogP contribution in [0.15, 0.2) is 54.7 Å². The molecular weight excluding hydrogens is 210 g/mol. The van der Waals surface area contributed by atoms with E-state index in [4.69, 9.17) is 0 Å². The van der Waals surface area contributed by atoms with E-state index in [2.05, 4.69) is 46.7 Å². The summed E-state index contributed by atoms with van der Waals surface area (Å²) in [5, 5.41) is 11.8. The van der Waals surface area contributed by atoms with Gasteiger partial charge in [0.05, 0.1) is 17.2 Å². The second-order valence-corrected chi connectivity index (χ2v) is 4.09. The van der Waals surface area contributed by atoms with Crippen molar-refractivity contribution in [1.29, 1.82) is 0 Å². The SMILES string of the molecule is c1ccc2c(c1)c1ccccc1n1nncc21. The van der Waals surface area contributed by atoms with E-state index in [9.17, 15) is 0 Å². The van der Waals surface area contributed by atoms with Crippen molar-refractivity contribution in [3.05, 3.63) is 54.7 Å². The number of nitrogens with zero attached hydrogens (tertiary/aromatic N) is 3. The molecule has 17 heavy (non-hydrogen) atoms. The summed E-state index contributed by atoms with van der Waals surface area (Å²) >= 11 is 0. The first-order valence-corrected chi connectivity index (χ1v) is 5.55. The topological polar surface area (TPSA) is 30.2 Å². The van der Waals surface area contributed by atoms with Gasteiger partial charge in [-0.2, -0.15) is 0 Å². The molecule has 0 unspecified atom stereocenters. The molecule has 0 bridgehead atoms. The lowest BCUT2D eigenvalue weighted by Gasteiger charge is -2.06. The molecular formula is C14H9N3. The maximum absolute atomic E-state index is 4.16. The maximum Gasteiger partial charge on any atom is 0.0950 e. The van der Waals surface area contributed by atoms with Gasteiger partial charge in [-0.1, -0.05) is 47.7 Å². The molecule has 0 spiro atoms. The number of hydrogen-bond acceptors (Lipinski definition) is 2. The fourth-order valence-corrected chi connectivity index (χ4v) is 2.42. The van der Waals surface area contributed by atoms with Crippen molar-refractivity contribution in [3.63, 3.8) is 0 Å². The molecule has 3 nitrogen and oxygen atoms in total. The van der Waals surface area contributed by atoms with E-state index < -0.39 is 0 Å². The lowest BCUT2D eigenvalue weighted by Crippen LogP contribution is -1.92. The van der Waals surface area contributed by atoms with E-state index >= 15 is 0 Å². The number of pyridine rings is 1. The lowest BCUT2D eigenvalue weighted by atomic mass is 10.1. The third-order valence-corrected chi connectivity index (χ3v) is 3.17. The highest BCUT2D eigenvalue weighted by Crippen LogP contribution is 2.27. The Morgan fingerprint density at radius 2 is 1.35 bits per heavy atom. The predicted molar refractivity (Wildman–Crippen MR) is 68.0 cm³/mol. The van der Waals surface area contributed by atoms with Crippen LogP contribution in [0.3, 0.4) is 0 Å². The van der Waals surface area contributed by atoms with Gasteiger partial charge in [0, 0.05) is 10.8 Å². The zero-order valence-electron chi connectivity index (χ0n) is 9.04. The van der Waals surface area contributed by atoms with Crippen molar-refractivity contribution in [2.75, 3.05) is 0 Å². The largest absolute Gasteiger partial charge is 0.212 e. The van der Waals surface area contributed by atoms with Crippen molar-refractivity contribution in [2.24, 2.45) is 0 Å². The number of benzene rings is 2. The normalized spacial score (nSPS) is 11.5. The van der Waals surface area contributed by atoms with Crippen LogP contribution in [0.2, 0.25) is 0 Å². The standard InChI is InChI=1S/C14H9N3/c1-2-7-12-10(5-1)11-6-3-4-8-13(11)17-14(12)9-15-16-17/h1-9H. The van der Waals surface area contributed by atoms with Crippen LogP contribution in [0.4, 0.5) is 0 Å². The lowest BCUT2D eigenvalue weighted by molar-refractivity contribution is 0.884. The van der Waals surface area contributed by atoms with Gasteiger partial charge >= 0.3 is 0 Å². The Bertz CT molecular complexity index is 776. The summed E-state index contributed by atoms with van der Waals surface area (Å²) in [4.78, 5) is 0. The van der Waals surface area contributed by atoms with Crippen molar-refractivity contribution in [3.8, 4) is 0 Å². The van der Waals surface area contributed by atoms with Crippen molar-refractivity contribution >= 4 is 27.2 Å². The summed E-state index contributed by atoms with van der Waals surface area (Å²) in [5.41, 5.74) is 2.15. The number of hydrogen-bond donors (Lipinski definition) is 0. The zero-order chi connectivity index (χ0) is 11.2. The summed E-state index contributed by atoms with van der Waals surface area (Å²) in [7, 11) is 0. The average molecular weight is 219 g/mol. The van der Waals surface area contributed by atoms with Crippen LogP contribution < -0.4 is 0 Å². The van der Waals surface area contributed by atoms with E-state index in [1.807, 2.05) is 22.8 Å². The van der Waals surface area contributed by atoms with Crippen LogP contribution in [-0.4, -0.2) is 14.8 Å². The molecule has 0 fully saturated rings. The molecule has 80 valence electrons. The summed E-state index contributed by atoms with van der Waals surface area (Å²) in [6.45, 7) is 0. The first-order valence-electron chi connectivity index (χ1n) is 5.55. The van der Waals surface area contributed by atoms with Gasteiger partial charge in [0.25, 0.3) is 0 Å². The molecule has 0 N–H and O–H groups in total. The molecule has 0 radical (unpaired) electrons. The Labute approximate surface area is 97.3 Å². The van der Waals surface area contributed by atoms with Gasteiger partial charge in [0.1, 0.15) is 0 Å². The smallest absolute Gasteiger partial charge is 0.0950 e. The van der Waals surface area contributed by atoms with E-state index in [1.165, 1.54) is 16.2 Å². The molecule has 4 aromatic rings. The quantitative estimate of drug-likeness (QED) is 0.425. The third-order valence-electron chi connectivity index (χ3n) is 3.17. The number of rotatable bonds is 0. The first-order chi connectivity index (χ1) is 8.45. The van der Waals surface area contributed by atoms with Gasteiger partial charge in [0.15, 0.2) is 0 Å². The molecule has 0 aliphatic carbocycles. The van der Waals surface area contributed by atoms with E-state index in [0.717, 1.165) is 11.0 Å². The molecule has 0 amide bonds. The van der Waals surface area contributed by atoms with Crippen LogP contribution in [0.25, 0.3) is 27.2 Å². The Kier molecular flexibility index (Phi) is 1.56. The van der Waals surface area contributed by atoms with Crippen molar-refractivity contribution < 1.29 is 0 Å². The van der Waals surface area contributed by atoms with Crippen LogP contribution in [0, 0.1) is 0 Å². The summed E-state index contributed by atoms with van der Waals surface area (Å²) in [6.07, 6.45) is 1.81. The van der Waals surface area contributed by atoms with E-state index in [1.54, 1.807) is 0 Å². The molecule has 2 aromatic heterocycles. The number of para-hydroxylation sites is 1. The molecule has 4 rings (SSSR count). The van der Waals surface area contributed by atoms with Gasteiger partial charge in [-0.25, -0.2) is 4.52 Å². The van der Waals surface area contributed by atoms with Gasteiger partial charge in [-0.15, -0.1) is 5.10 Å². The fourth-order valence-electron chi connectivity index (χ4n) is 2.42. The number of aromatic nitrogens is 3. The molecule has 2 heterocycles. The average Bonchev–Trinajstić information content (AvgIpc) is 2.89. The molecule has 2 aromatic carbocycles. The van der Waals surface area contributed by atoms with Crippen molar-refractivity contribution in [1.82, 2.24) is 14.8 Å². The van der Waals surface area contributed by atoms with Crippen LogP contribution >= 0.6 is 0 Å². The van der Waals surface area contributed by atoms with Gasteiger partial charge in [-0.3, -0.25) is 0 Å². The highest BCUT2D eigenvalue weighted by atomic mass is 15.4. The maximum atomic E-state index is 4.16. The summed E-state index contributed by atoms with van der Waals surface area (Å²) in [5.74, 6) is 0. The molecule has 0 aliphatic rings. The Balaban J connectivity index is 2.48. The fraction of sp³-hybridized carbons (Fsp3) is 0. The summed E-state index contributed by atoms with van der Waals surface area (Å²) < 4.78 is 1.90. The van der Waals surface area contributed by atoms with Crippen LogP contribution in [0.5, 0.6) is 0 Å². The second-order valence-electron chi connectivity index (χ2n) is 4.09. The highest BCUT2D eigenvalue weighted by Gasteiger charge is 2.07. The van der Waals surface area contributed by atoms with E-state index in [-0.39, 0.29) is 0 Å². The number of fused-ring (bicyclic) bond motifs is 6. The molecule has 0 saturated heterocycles. The first kappa shape index (κ1) is 8.70. The van der Waals surface area contributed by atoms with Crippen LogP contribution in [-0.2, 0) is 0 Å².